The highest BCUT2D eigenvalue weighted by molar-refractivity contribution is 6.30. The van der Waals surface area contributed by atoms with Gasteiger partial charge >= 0.3 is 0 Å². The van der Waals surface area contributed by atoms with E-state index >= 15 is 0 Å². The lowest BCUT2D eigenvalue weighted by molar-refractivity contribution is 0.130. The van der Waals surface area contributed by atoms with Crippen LogP contribution in [0.15, 0.2) is 90.1 Å². The fourth-order valence-electron chi connectivity index (χ4n) is 3.80. The third-order valence-corrected chi connectivity index (χ3v) is 5.52. The first-order valence-corrected chi connectivity index (χ1v) is 10.7. The van der Waals surface area contributed by atoms with Crippen LogP contribution < -0.4 is 0 Å². The highest BCUT2D eigenvalue weighted by Gasteiger charge is 2.17. The summed E-state index contributed by atoms with van der Waals surface area (Å²) in [5, 5.41) is 5.12. The minimum atomic E-state index is 0.443. The SMILES string of the molecule is C/C(=N/OCc1cccc(C)c1)c1cc(-c2ccccc2)n(-c2cccc(Cl)c2)c1C. The zero-order chi connectivity index (χ0) is 21.8. The van der Waals surface area contributed by atoms with E-state index in [9.17, 15) is 0 Å². The molecule has 0 saturated carbocycles. The summed E-state index contributed by atoms with van der Waals surface area (Å²) in [7, 11) is 0. The molecule has 4 aromatic rings. The third-order valence-electron chi connectivity index (χ3n) is 5.29. The first-order chi connectivity index (χ1) is 15.0. The molecule has 0 atom stereocenters. The molecule has 0 radical (unpaired) electrons. The molecule has 0 aliphatic heterocycles. The number of hydrogen-bond donors (Lipinski definition) is 0. The van der Waals surface area contributed by atoms with E-state index in [4.69, 9.17) is 16.4 Å². The summed E-state index contributed by atoms with van der Waals surface area (Å²) in [5.41, 5.74) is 8.52. The summed E-state index contributed by atoms with van der Waals surface area (Å²) in [6, 6.07) is 28.7. The predicted octanol–water partition coefficient (Wildman–Crippen LogP) is 7.36. The van der Waals surface area contributed by atoms with E-state index in [1.165, 1.54) is 5.56 Å². The van der Waals surface area contributed by atoms with Crippen LogP contribution >= 0.6 is 11.6 Å². The molecule has 0 amide bonds. The van der Waals surface area contributed by atoms with Gasteiger partial charge in [0, 0.05) is 22.0 Å². The highest BCUT2D eigenvalue weighted by Crippen LogP contribution is 2.31. The normalized spacial score (nSPS) is 11.5. The molecule has 1 aromatic heterocycles. The van der Waals surface area contributed by atoms with E-state index < -0.39 is 0 Å². The van der Waals surface area contributed by atoms with Gasteiger partial charge in [-0.1, -0.05) is 83.0 Å². The largest absolute Gasteiger partial charge is 0.391 e. The summed E-state index contributed by atoms with van der Waals surface area (Å²) in [6.45, 7) is 6.60. The Kier molecular flexibility index (Phi) is 6.24. The monoisotopic (exact) mass is 428 g/mol. The van der Waals surface area contributed by atoms with Gasteiger partial charge in [0.1, 0.15) is 6.61 Å². The van der Waals surface area contributed by atoms with Gasteiger partial charge in [-0.25, -0.2) is 0 Å². The molecule has 0 aliphatic rings. The van der Waals surface area contributed by atoms with Gasteiger partial charge in [0.05, 0.1) is 11.4 Å². The summed E-state index contributed by atoms with van der Waals surface area (Å²) in [6.07, 6.45) is 0. The number of aryl methyl sites for hydroxylation is 1. The second kappa shape index (κ2) is 9.23. The average Bonchev–Trinajstić information content (AvgIpc) is 3.11. The van der Waals surface area contributed by atoms with E-state index in [-0.39, 0.29) is 0 Å². The molecular formula is C27H25ClN2O. The first kappa shape index (κ1) is 21.0. The van der Waals surface area contributed by atoms with Crippen molar-refractivity contribution in [2.75, 3.05) is 0 Å². The molecule has 0 aliphatic carbocycles. The van der Waals surface area contributed by atoms with Crippen LogP contribution in [0.1, 0.15) is 29.3 Å². The van der Waals surface area contributed by atoms with Crippen LogP contribution in [0.2, 0.25) is 5.02 Å². The van der Waals surface area contributed by atoms with Crippen LogP contribution in [0.5, 0.6) is 0 Å². The summed E-state index contributed by atoms with van der Waals surface area (Å²) in [4.78, 5) is 5.68. The molecule has 156 valence electrons. The third kappa shape index (κ3) is 4.73. The Morgan fingerprint density at radius 3 is 2.42 bits per heavy atom. The smallest absolute Gasteiger partial charge is 0.142 e. The maximum Gasteiger partial charge on any atom is 0.142 e. The van der Waals surface area contributed by atoms with Gasteiger partial charge in [-0.3, -0.25) is 0 Å². The second-order valence-corrected chi connectivity index (χ2v) is 8.09. The number of benzene rings is 3. The Bertz CT molecular complexity index is 1230. The van der Waals surface area contributed by atoms with Crippen molar-refractivity contribution >= 4 is 17.3 Å². The minimum absolute atomic E-state index is 0.443. The molecule has 0 spiro atoms. The Morgan fingerprint density at radius 1 is 0.903 bits per heavy atom. The van der Waals surface area contributed by atoms with Crippen molar-refractivity contribution < 1.29 is 4.84 Å². The standard InChI is InChI=1S/C27H25ClN2O/c1-19-9-7-10-22(15-19)18-31-29-20(2)26-17-27(23-11-5-4-6-12-23)30(21(26)3)25-14-8-13-24(28)16-25/h4-17H,18H2,1-3H3/b29-20-. The number of aromatic nitrogens is 1. The molecular weight excluding hydrogens is 404 g/mol. The molecule has 0 unspecified atom stereocenters. The van der Waals surface area contributed by atoms with E-state index in [1.54, 1.807) is 0 Å². The second-order valence-electron chi connectivity index (χ2n) is 7.65. The molecule has 3 aromatic carbocycles. The first-order valence-electron chi connectivity index (χ1n) is 10.3. The molecule has 3 nitrogen and oxygen atoms in total. The van der Waals surface area contributed by atoms with Crippen molar-refractivity contribution in [2.45, 2.75) is 27.4 Å². The van der Waals surface area contributed by atoms with Gasteiger partial charge in [0.2, 0.25) is 0 Å². The van der Waals surface area contributed by atoms with Gasteiger partial charge in [-0.15, -0.1) is 0 Å². The molecule has 31 heavy (non-hydrogen) atoms. The highest BCUT2D eigenvalue weighted by atomic mass is 35.5. The molecule has 4 heteroatoms. The minimum Gasteiger partial charge on any atom is -0.391 e. The number of rotatable bonds is 6. The summed E-state index contributed by atoms with van der Waals surface area (Å²) in [5.74, 6) is 0. The Morgan fingerprint density at radius 2 is 1.68 bits per heavy atom. The Balaban J connectivity index is 1.71. The lowest BCUT2D eigenvalue weighted by atomic mass is 10.1. The van der Waals surface area contributed by atoms with Crippen molar-refractivity contribution in [3.8, 4) is 16.9 Å². The van der Waals surface area contributed by atoms with Gasteiger partial charge < -0.3 is 9.40 Å². The molecule has 0 N–H and O–H groups in total. The van der Waals surface area contributed by atoms with Crippen LogP contribution in [-0.4, -0.2) is 10.3 Å². The Hall–Kier alpha value is -3.30. The number of nitrogens with zero attached hydrogens (tertiary/aromatic N) is 2. The average molecular weight is 429 g/mol. The van der Waals surface area contributed by atoms with Crippen molar-refractivity contribution in [2.24, 2.45) is 5.16 Å². The topological polar surface area (TPSA) is 26.5 Å². The zero-order valence-electron chi connectivity index (χ0n) is 18.0. The molecule has 0 fully saturated rings. The number of hydrogen-bond acceptors (Lipinski definition) is 2. The van der Waals surface area contributed by atoms with Crippen LogP contribution in [-0.2, 0) is 11.4 Å². The zero-order valence-corrected chi connectivity index (χ0v) is 18.7. The van der Waals surface area contributed by atoms with Crippen molar-refractivity contribution in [1.82, 2.24) is 4.57 Å². The van der Waals surface area contributed by atoms with Crippen LogP contribution in [0.4, 0.5) is 0 Å². The molecule has 0 saturated heterocycles. The van der Waals surface area contributed by atoms with Crippen LogP contribution in [0, 0.1) is 13.8 Å². The maximum absolute atomic E-state index is 6.30. The Labute approximate surface area is 188 Å². The van der Waals surface area contributed by atoms with Crippen LogP contribution in [0.3, 0.4) is 0 Å². The lowest BCUT2D eigenvalue weighted by Crippen LogP contribution is -2.02. The van der Waals surface area contributed by atoms with E-state index in [0.29, 0.717) is 11.6 Å². The molecule has 4 rings (SSSR count). The van der Waals surface area contributed by atoms with Gasteiger partial charge in [-0.05, 0) is 56.2 Å². The lowest BCUT2D eigenvalue weighted by Gasteiger charge is -2.13. The number of halogens is 1. The van der Waals surface area contributed by atoms with E-state index in [2.05, 4.69) is 60.0 Å². The van der Waals surface area contributed by atoms with Gasteiger partial charge in [0.15, 0.2) is 0 Å². The molecule has 1 heterocycles. The van der Waals surface area contributed by atoms with Crippen molar-refractivity contribution in [3.63, 3.8) is 0 Å². The quantitative estimate of drug-likeness (QED) is 0.233. The fourth-order valence-corrected chi connectivity index (χ4v) is 3.98. The van der Waals surface area contributed by atoms with Gasteiger partial charge in [-0.2, -0.15) is 0 Å². The fraction of sp³-hybridized carbons (Fsp3) is 0.148. The summed E-state index contributed by atoms with van der Waals surface area (Å²) >= 11 is 6.30. The van der Waals surface area contributed by atoms with E-state index in [1.807, 2.05) is 55.5 Å². The van der Waals surface area contributed by atoms with Crippen molar-refractivity contribution in [1.29, 1.82) is 0 Å². The summed E-state index contributed by atoms with van der Waals surface area (Å²) < 4.78 is 2.22. The van der Waals surface area contributed by atoms with E-state index in [0.717, 1.165) is 39.5 Å². The predicted molar refractivity (Wildman–Crippen MR) is 129 cm³/mol. The number of oxime groups is 1. The van der Waals surface area contributed by atoms with Crippen molar-refractivity contribution in [3.05, 3.63) is 112 Å². The molecule has 0 bridgehead atoms. The van der Waals surface area contributed by atoms with Crippen LogP contribution in [0.25, 0.3) is 16.9 Å². The maximum atomic E-state index is 6.30. The van der Waals surface area contributed by atoms with Gasteiger partial charge in [0.25, 0.3) is 0 Å².